The average molecular weight is 415 g/mol. The summed E-state index contributed by atoms with van der Waals surface area (Å²) >= 11 is 0. The standard InChI is InChI=1S/C25H26N4O2/c1-18-12-27-20(13-26-18)14-28-24(30)23-11-25(17-31-23)16-29(15-19-7-3-2-4-8-19)22-10-6-5-9-21(22)25/h2-10,12-13,23H,11,14-17H2,1H3,(H,28,30)/t23-,25+/m0/s1. The third kappa shape index (κ3) is 3.91. The average Bonchev–Trinajstić information content (AvgIpc) is 3.36. The van der Waals surface area contributed by atoms with Gasteiger partial charge in [-0.3, -0.25) is 14.8 Å². The second-order valence-electron chi connectivity index (χ2n) is 8.51. The van der Waals surface area contributed by atoms with Crippen molar-refractivity contribution >= 4 is 11.6 Å². The van der Waals surface area contributed by atoms with Crippen molar-refractivity contribution in [3.63, 3.8) is 0 Å². The van der Waals surface area contributed by atoms with Crippen LogP contribution < -0.4 is 10.2 Å². The number of para-hydroxylation sites is 1. The van der Waals surface area contributed by atoms with E-state index in [1.54, 1.807) is 12.4 Å². The van der Waals surface area contributed by atoms with Gasteiger partial charge in [-0.2, -0.15) is 0 Å². The molecule has 0 aliphatic carbocycles. The molecule has 3 aromatic rings. The predicted molar refractivity (Wildman–Crippen MR) is 119 cm³/mol. The number of carbonyl (C=O) groups is 1. The van der Waals surface area contributed by atoms with Crippen molar-refractivity contribution in [2.24, 2.45) is 0 Å². The second kappa shape index (κ2) is 8.12. The van der Waals surface area contributed by atoms with Gasteiger partial charge < -0.3 is 15.0 Å². The SMILES string of the molecule is Cc1cnc(CNC(=O)[C@@H]2C[C@]3(CO2)CN(Cc2ccccc2)c2ccccc23)cn1. The molecule has 6 heteroatoms. The molecule has 158 valence electrons. The number of carbonyl (C=O) groups excluding carboxylic acids is 1. The van der Waals surface area contributed by atoms with E-state index in [0.717, 1.165) is 24.5 Å². The molecule has 0 bridgehead atoms. The number of hydrogen-bond donors (Lipinski definition) is 1. The summed E-state index contributed by atoms with van der Waals surface area (Å²) in [5.41, 5.74) is 5.25. The van der Waals surface area contributed by atoms with Gasteiger partial charge in [0.15, 0.2) is 0 Å². The van der Waals surface area contributed by atoms with Crippen LogP contribution >= 0.6 is 0 Å². The normalized spacial score (nSPS) is 22.0. The molecular weight excluding hydrogens is 388 g/mol. The van der Waals surface area contributed by atoms with E-state index < -0.39 is 6.10 Å². The lowest BCUT2D eigenvalue weighted by molar-refractivity contribution is -0.130. The molecule has 5 rings (SSSR count). The van der Waals surface area contributed by atoms with E-state index >= 15 is 0 Å². The fourth-order valence-corrected chi connectivity index (χ4v) is 4.68. The van der Waals surface area contributed by atoms with Crippen LogP contribution in [0.4, 0.5) is 5.69 Å². The highest BCUT2D eigenvalue weighted by molar-refractivity contribution is 5.81. The molecule has 0 radical (unpaired) electrons. The van der Waals surface area contributed by atoms with Gasteiger partial charge in [0.25, 0.3) is 0 Å². The molecular formula is C25H26N4O2. The lowest BCUT2D eigenvalue weighted by Crippen LogP contribution is -2.37. The van der Waals surface area contributed by atoms with Gasteiger partial charge in [0.05, 0.1) is 30.7 Å². The molecule has 31 heavy (non-hydrogen) atoms. The Morgan fingerprint density at radius 1 is 1.13 bits per heavy atom. The molecule has 1 spiro atoms. The van der Waals surface area contributed by atoms with Gasteiger partial charge in [0, 0.05) is 30.4 Å². The Morgan fingerprint density at radius 3 is 2.74 bits per heavy atom. The number of fused-ring (bicyclic) bond motifs is 2. The number of ether oxygens (including phenoxy) is 1. The highest BCUT2D eigenvalue weighted by Crippen LogP contribution is 2.47. The zero-order valence-electron chi connectivity index (χ0n) is 17.6. The van der Waals surface area contributed by atoms with Crippen molar-refractivity contribution in [1.29, 1.82) is 0 Å². The van der Waals surface area contributed by atoms with Crippen molar-refractivity contribution in [3.05, 3.63) is 89.5 Å². The van der Waals surface area contributed by atoms with Crippen molar-refractivity contribution in [2.75, 3.05) is 18.1 Å². The first-order valence-electron chi connectivity index (χ1n) is 10.7. The zero-order chi connectivity index (χ0) is 21.3. The van der Waals surface area contributed by atoms with E-state index in [2.05, 4.69) is 68.7 Å². The molecule has 1 N–H and O–H groups in total. The van der Waals surface area contributed by atoms with Crippen LogP contribution in [0.5, 0.6) is 0 Å². The number of aryl methyl sites for hydroxylation is 1. The molecule has 1 fully saturated rings. The van der Waals surface area contributed by atoms with Gasteiger partial charge in [-0.25, -0.2) is 0 Å². The quantitative estimate of drug-likeness (QED) is 0.695. The number of aromatic nitrogens is 2. The van der Waals surface area contributed by atoms with E-state index in [4.69, 9.17) is 4.74 Å². The summed E-state index contributed by atoms with van der Waals surface area (Å²) in [5.74, 6) is -0.0850. The third-order valence-corrected chi connectivity index (χ3v) is 6.23. The Kier molecular flexibility index (Phi) is 5.16. The first-order valence-corrected chi connectivity index (χ1v) is 10.7. The highest BCUT2D eigenvalue weighted by Gasteiger charge is 2.50. The second-order valence-corrected chi connectivity index (χ2v) is 8.51. The third-order valence-electron chi connectivity index (χ3n) is 6.23. The zero-order valence-corrected chi connectivity index (χ0v) is 17.6. The summed E-state index contributed by atoms with van der Waals surface area (Å²) in [4.78, 5) is 23.8. The van der Waals surface area contributed by atoms with Crippen LogP contribution in [0.2, 0.25) is 0 Å². The largest absolute Gasteiger partial charge is 0.367 e. The van der Waals surface area contributed by atoms with Crippen LogP contribution in [-0.2, 0) is 28.0 Å². The van der Waals surface area contributed by atoms with Crippen LogP contribution in [0.25, 0.3) is 0 Å². The highest BCUT2D eigenvalue weighted by atomic mass is 16.5. The summed E-state index contributed by atoms with van der Waals surface area (Å²) in [6.45, 7) is 4.51. The molecule has 1 aromatic heterocycles. The molecule has 2 aliphatic rings. The Hall–Kier alpha value is -3.25. The summed E-state index contributed by atoms with van der Waals surface area (Å²) in [7, 11) is 0. The first-order chi connectivity index (χ1) is 15.1. The van der Waals surface area contributed by atoms with E-state index in [1.165, 1.54) is 16.8 Å². The first kappa shape index (κ1) is 19.7. The van der Waals surface area contributed by atoms with Crippen LogP contribution in [0.3, 0.4) is 0 Å². The number of benzene rings is 2. The van der Waals surface area contributed by atoms with E-state index in [9.17, 15) is 4.79 Å². The van der Waals surface area contributed by atoms with Crippen LogP contribution in [-0.4, -0.2) is 35.1 Å². The molecule has 2 aliphatic heterocycles. The maximum atomic E-state index is 12.8. The smallest absolute Gasteiger partial charge is 0.249 e. The number of nitrogens with one attached hydrogen (secondary N) is 1. The van der Waals surface area contributed by atoms with Crippen LogP contribution in [0, 0.1) is 6.92 Å². The lowest BCUT2D eigenvalue weighted by Gasteiger charge is -2.24. The number of hydrogen-bond acceptors (Lipinski definition) is 5. The molecule has 0 saturated carbocycles. The van der Waals surface area contributed by atoms with E-state index in [1.807, 2.05) is 13.0 Å². The van der Waals surface area contributed by atoms with Gasteiger partial charge in [0.2, 0.25) is 5.91 Å². The van der Waals surface area contributed by atoms with Crippen molar-refractivity contribution < 1.29 is 9.53 Å². The number of rotatable bonds is 5. The van der Waals surface area contributed by atoms with Gasteiger partial charge in [-0.05, 0) is 30.5 Å². The van der Waals surface area contributed by atoms with Crippen molar-refractivity contribution in [2.45, 2.75) is 38.0 Å². The molecule has 0 unspecified atom stereocenters. The van der Waals surface area contributed by atoms with Crippen LogP contribution in [0.1, 0.15) is 28.9 Å². The fraction of sp³-hybridized carbons (Fsp3) is 0.320. The maximum Gasteiger partial charge on any atom is 0.249 e. The minimum absolute atomic E-state index is 0.0850. The molecule has 2 aromatic carbocycles. The van der Waals surface area contributed by atoms with Gasteiger partial charge in [0.1, 0.15) is 6.10 Å². The minimum Gasteiger partial charge on any atom is -0.367 e. The number of nitrogens with zero attached hydrogens (tertiary/aromatic N) is 3. The monoisotopic (exact) mass is 414 g/mol. The van der Waals surface area contributed by atoms with Gasteiger partial charge in [-0.15, -0.1) is 0 Å². The summed E-state index contributed by atoms with van der Waals surface area (Å²) in [6.07, 6.45) is 3.63. The van der Waals surface area contributed by atoms with Crippen molar-refractivity contribution in [3.8, 4) is 0 Å². The molecule has 1 amide bonds. The molecule has 1 saturated heterocycles. The van der Waals surface area contributed by atoms with Gasteiger partial charge in [-0.1, -0.05) is 48.5 Å². The summed E-state index contributed by atoms with van der Waals surface area (Å²) in [6, 6.07) is 19.0. The number of amides is 1. The van der Waals surface area contributed by atoms with Gasteiger partial charge >= 0.3 is 0 Å². The lowest BCUT2D eigenvalue weighted by atomic mass is 9.80. The Balaban J connectivity index is 1.29. The van der Waals surface area contributed by atoms with Crippen LogP contribution in [0.15, 0.2) is 67.0 Å². The maximum absolute atomic E-state index is 12.8. The summed E-state index contributed by atoms with van der Waals surface area (Å²) < 4.78 is 6.04. The topological polar surface area (TPSA) is 67.3 Å². The fourth-order valence-electron chi connectivity index (χ4n) is 4.68. The predicted octanol–water partition coefficient (Wildman–Crippen LogP) is 3.15. The summed E-state index contributed by atoms with van der Waals surface area (Å²) in [5, 5.41) is 2.96. The van der Waals surface area contributed by atoms with E-state index in [-0.39, 0.29) is 11.3 Å². The Morgan fingerprint density at radius 2 is 1.94 bits per heavy atom. The molecule has 6 nitrogen and oxygen atoms in total. The molecule has 2 atom stereocenters. The Labute approximate surface area is 182 Å². The molecule has 3 heterocycles. The van der Waals surface area contributed by atoms with Crippen molar-refractivity contribution in [1.82, 2.24) is 15.3 Å². The minimum atomic E-state index is -0.455. The number of anilines is 1. The Bertz CT molecular complexity index is 1070. The van der Waals surface area contributed by atoms with E-state index in [0.29, 0.717) is 19.6 Å².